The van der Waals surface area contributed by atoms with Gasteiger partial charge in [0.05, 0.1) is 11.9 Å². The number of nitrogens with zero attached hydrogens (tertiary/aromatic N) is 2. The van der Waals surface area contributed by atoms with Gasteiger partial charge >= 0.3 is 0 Å². The molecule has 7 nitrogen and oxygen atoms in total. The first-order valence-corrected chi connectivity index (χ1v) is 17.9. The molecule has 0 spiro atoms. The highest BCUT2D eigenvalue weighted by atomic mass is 35.5. The highest BCUT2D eigenvalue weighted by Gasteiger charge is 2.51. The summed E-state index contributed by atoms with van der Waals surface area (Å²) < 4.78 is 27.3. The average molecular weight is 649 g/mol. The van der Waals surface area contributed by atoms with Crippen LogP contribution in [0.5, 0.6) is 0 Å². The summed E-state index contributed by atoms with van der Waals surface area (Å²) in [7, 11) is -3.82. The van der Waals surface area contributed by atoms with Gasteiger partial charge in [-0.05, 0) is 110 Å². The number of nitrogens with one attached hydrogen (secondary N) is 1. The first kappa shape index (κ1) is 32.1. The molecule has 2 aromatic carbocycles. The summed E-state index contributed by atoms with van der Waals surface area (Å²) in [6.45, 7) is 5.65. The molecule has 1 N–H and O–H groups in total. The minimum absolute atomic E-state index is 0.0215. The Bertz CT molecular complexity index is 1430. The summed E-state index contributed by atoms with van der Waals surface area (Å²) in [6, 6.07) is 11.9. The summed E-state index contributed by atoms with van der Waals surface area (Å²) in [4.78, 5) is 28.4. The van der Waals surface area contributed by atoms with E-state index in [4.69, 9.17) is 23.2 Å². The number of hydrogen-bond donors (Lipinski definition) is 1. The Morgan fingerprint density at radius 2 is 1.53 bits per heavy atom. The second-order valence-electron chi connectivity index (χ2n) is 13.6. The van der Waals surface area contributed by atoms with Crippen molar-refractivity contribution >= 4 is 50.7 Å². The van der Waals surface area contributed by atoms with Gasteiger partial charge in [-0.2, -0.15) is 0 Å². The van der Waals surface area contributed by atoms with E-state index in [0.29, 0.717) is 27.8 Å². The van der Waals surface area contributed by atoms with E-state index in [1.165, 1.54) is 49.0 Å². The molecule has 2 aromatic rings. The smallest absolute Gasteiger partial charge is 0.244 e. The molecule has 4 aliphatic carbocycles. The minimum atomic E-state index is -3.82. The van der Waals surface area contributed by atoms with Crippen LogP contribution in [0.25, 0.3) is 0 Å². The molecule has 0 radical (unpaired) electrons. The van der Waals surface area contributed by atoms with Crippen molar-refractivity contribution in [1.82, 2.24) is 10.2 Å². The van der Waals surface area contributed by atoms with Gasteiger partial charge in [-0.1, -0.05) is 55.2 Å². The van der Waals surface area contributed by atoms with E-state index in [1.54, 1.807) is 25.1 Å². The van der Waals surface area contributed by atoms with Crippen LogP contribution in [0.1, 0.15) is 70.4 Å². The number of sulfonamides is 1. The number of benzene rings is 2. The first-order valence-electron chi connectivity index (χ1n) is 15.3. The SMILES string of the molecule is CC(C)CNC(=O)[C@H](C)N(Cc1ccc(Cl)cc1Cl)C(=O)CN(c1ccc(C23CC4CC(CC(C4)C2)C3)cc1)S(C)(=O)=O. The van der Waals surface area contributed by atoms with Crippen molar-refractivity contribution in [2.24, 2.45) is 23.7 Å². The molecule has 10 heteroatoms. The maximum Gasteiger partial charge on any atom is 0.244 e. The molecule has 0 unspecified atom stereocenters. The molecule has 43 heavy (non-hydrogen) atoms. The molecular weight excluding hydrogens is 605 g/mol. The molecule has 1 atom stereocenters. The van der Waals surface area contributed by atoms with Crippen molar-refractivity contribution in [3.05, 3.63) is 63.6 Å². The number of hydrogen-bond acceptors (Lipinski definition) is 4. The van der Waals surface area contributed by atoms with Crippen LogP contribution in [0.15, 0.2) is 42.5 Å². The molecule has 4 aliphatic rings. The first-order chi connectivity index (χ1) is 20.2. The second kappa shape index (κ2) is 12.6. The molecule has 0 aliphatic heterocycles. The average Bonchev–Trinajstić information content (AvgIpc) is 2.92. The molecular formula is C33H43Cl2N3O4S. The van der Waals surface area contributed by atoms with Crippen LogP contribution in [-0.4, -0.2) is 50.5 Å². The zero-order valence-electron chi connectivity index (χ0n) is 25.5. The van der Waals surface area contributed by atoms with Gasteiger partial charge in [0.25, 0.3) is 0 Å². The Balaban J connectivity index is 1.39. The third kappa shape index (κ3) is 7.18. The van der Waals surface area contributed by atoms with Crippen LogP contribution < -0.4 is 9.62 Å². The lowest BCUT2D eigenvalue weighted by atomic mass is 9.48. The van der Waals surface area contributed by atoms with E-state index in [2.05, 4.69) is 17.4 Å². The van der Waals surface area contributed by atoms with E-state index < -0.39 is 28.5 Å². The van der Waals surface area contributed by atoms with Crippen LogP contribution in [0.2, 0.25) is 10.0 Å². The quantitative estimate of drug-likeness (QED) is 0.305. The molecule has 0 saturated heterocycles. The number of anilines is 1. The second-order valence-corrected chi connectivity index (χ2v) is 16.3. The van der Waals surface area contributed by atoms with Gasteiger partial charge in [-0.15, -0.1) is 0 Å². The van der Waals surface area contributed by atoms with Gasteiger partial charge < -0.3 is 10.2 Å². The number of carbonyl (C=O) groups excluding carboxylic acids is 2. The predicted molar refractivity (Wildman–Crippen MR) is 173 cm³/mol. The third-order valence-electron chi connectivity index (χ3n) is 9.69. The van der Waals surface area contributed by atoms with Gasteiger partial charge in [0.15, 0.2) is 0 Å². The number of halogens is 2. The van der Waals surface area contributed by atoms with Gasteiger partial charge in [-0.3, -0.25) is 13.9 Å². The summed E-state index contributed by atoms with van der Waals surface area (Å²) in [5.41, 5.74) is 2.51. The fourth-order valence-electron chi connectivity index (χ4n) is 7.93. The van der Waals surface area contributed by atoms with Crippen LogP contribution >= 0.6 is 23.2 Å². The van der Waals surface area contributed by atoms with E-state index in [0.717, 1.165) is 28.3 Å². The zero-order valence-corrected chi connectivity index (χ0v) is 27.8. The fraction of sp³-hybridized carbons (Fsp3) is 0.576. The van der Waals surface area contributed by atoms with Crippen molar-refractivity contribution in [2.75, 3.05) is 23.7 Å². The predicted octanol–water partition coefficient (Wildman–Crippen LogP) is 6.42. The van der Waals surface area contributed by atoms with E-state index >= 15 is 0 Å². The lowest BCUT2D eigenvalue weighted by molar-refractivity contribution is -0.139. The van der Waals surface area contributed by atoms with E-state index in [1.807, 2.05) is 26.0 Å². The molecule has 0 aromatic heterocycles. The summed E-state index contributed by atoms with van der Waals surface area (Å²) >= 11 is 12.5. The summed E-state index contributed by atoms with van der Waals surface area (Å²) in [6.07, 6.45) is 8.81. The number of amides is 2. The highest BCUT2D eigenvalue weighted by Crippen LogP contribution is 2.60. The van der Waals surface area contributed by atoms with Crippen molar-refractivity contribution in [3.8, 4) is 0 Å². The van der Waals surface area contributed by atoms with Crippen LogP contribution in [-0.2, 0) is 31.6 Å². The van der Waals surface area contributed by atoms with Crippen LogP contribution in [0.3, 0.4) is 0 Å². The van der Waals surface area contributed by atoms with Gasteiger partial charge in [0.1, 0.15) is 12.6 Å². The van der Waals surface area contributed by atoms with Gasteiger partial charge in [0, 0.05) is 23.1 Å². The normalized spacial score (nSPS) is 25.0. The van der Waals surface area contributed by atoms with Gasteiger partial charge in [0.2, 0.25) is 21.8 Å². The Hall–Kier alpha value is -2.29. The largest absolute Gasteiger partial charge is 0.354 e. The maximum absolute atomic E-state index is 13.9. The van der Waals surface area contributed by atoms with Crippen molar-refractivity contribution in [3.63, 3.8) is 0 Å². The lowest BCUT2D eigenvalue weighted by Gasteiger charge is -2.57. The molecule has 2 amide bonds. The Morgan fingerprint density at radius 3 is 2.05 bits per heavy atom. The highest BCUT2D eigenvalue weighted by molar-refractivity contribution is 7.92. The maximum atomic E-state index is 13.9. The Morgan fingerprint density at radius 1 is 0.953 bits per heavy atom. The summed E-state index contributed by atoms with van der Waals surface area (Å²) in [5.74, 6) is 1.81. The molecule has 4 saturated carbocycles. The molecule has 6 rings (SSSR count). The van der Waals surface area contributed by atoms with Crippen molar-refractivity contribution in [2.45, 2.75) is 77.3 Å². The molecule has 4 bridgehead atoms. The number of rotatable bonds is 11. The zero-order chi connectivity index (χ0) is 31.1. The third-order valence-corrected chi connectivity index (χ3v) is 11.4. The minimum Gasteiger partial charge on any atom is -0.354 e. The lowest BCUT2D eigenvalue weighted by Crippen LogP contribution is -2.51. The summed E-state index contributed by atoms with van der Waals surface area (Å²) in [5, 5.41) is 3.70. The topological polar surface area (TPSA) is 86.8 Å². The Kier molecular flexibility index (Phi) is 9.41. The van der Waals surface area contributed by atoms with Crippen molar-refractivity contribution in [1.29, 1.82) is 0 Å². The molecule has 234 valence electrons. The molecule has 4 fully saturated rings. The van der Waals surface area contributed by atoms with Crippen molar-refractivity contribution < 1.29 is 18.0 Å². The fourth-order valence-corrected chi connectivity index (χ4v) is 9.25. The van der Waals surface area contributed by atoms with Crippen LogP contribution in [0, 0.1) is 23.7 Å². The standard InChI is InChI=1S/C33H43Cl2N3O4S/c1-21(2)18-36-32(40)22(3)37(19-26-5-8-28(34)14-30(26)35)31(39)20-38(43(4,41)42)29-9-6-27(7-10-29)33-15-23-11-24(16-33)13-25(12-23)17-33/h5-10,14,21-25H,11-13,15-20H2,1-4H3,(H,36,40)/t22-,23?,24?,25?,33?/m0/s1. The molecule has 0 heterocycles. The van der Waals surface area contributed by atoms with E-state index in [9.17, 15) is 18.0 Å². The van der Waals surface area contributed by atoms with E-state index in [-0.39, 0.29) is 23.8 Å². The Labute approximate surface area is 266 Å². The monoisotopic (exact) mass is 647 g/mol. The van der Waals surface area contributed by atoms with Gasteiger partial charge in [-0.25, -0.2) is 8.42 Å². The number of carbonyl (C=O) groups is 2. The van der Waals surface area contributed by atoms with Crippen LogP contribution in [0.4, 0.5) is 5.69 Å².